The normalized spacial score (nSPS) is 27.7. The largest absolute Gasteiger partial charge is 0.497 e. The van der Waals surface area contributed by atoms with E-state index in [0.717, 1.165) is 41.7 Å². The molecule has 3 saturated heterocycles. The molecule has 0 amide bonds. The van der Waals surface area contributed by atoms with Gasteiger partial charge >= 0.3 is 8.69 Å². The highest BCUT2D eigenvalue weighted by Crippen LogP contribution is 2.42. The number of fused-ring (bicyclic) bond motifs is 4. The molecule has 0 saturated carbocycles. The Balaban J connectivity index is 0.000000659. The number of aliphatic hydroxyl groups is 1. The van der Waals surface area contributed by atoms with Gasteiger partial charge in [-0.1, -0.05) is 6.08 Å². The van der Waals surface area contributed by atoms with Gasteiger partial charge in [0.1, 0.15) is 5.75 Å². The number of aliphatic hydroxyl groups excluding tert-OH is 1. The van der Waals surface area contributed by atoms with Crippen molar-refractivity contribution in [3.05, 3.63) is 48.7 Å². The third-order valence-electron chi connectivity index (χ3n) is 5.82. The molecule has 144 valence electrons. The number of pyridine rings is 1. The van der Waals surface area contributed by atoms with E-state index in [-0.39, 0.29) is 6.04 Å². The van der Waals surface area contributed by atoms with E-state index in [2.05, 4.69) is 22.5 Å². The number of piperidine rings is 3. The van der Waals surface area contributed by atoms with Crippen LogP contribution >= 0.6 is 8.69 Å². The molecule has 3 fully saturated rings. The van der Waals surface area contributed by atoms with Crippen molar-refractivity contribution in [2.75, 3.05) is 20.2 Å². The molecule has 3 aliphatic heterocycles. The second kappa shape index (κ2) is 8.89. The highest BCUT2D eigenvalue weighted by molar-refractivity contribution is 7.16. The van der Waals surface area contributed by atoms with Crippen LogP contribution in [0.5, 0.6) is 5.75 Å². The lowest BCUT2D eigenvalue weighted by molar-refractivity contribution is -0.0444. The molecule has 1 aromatic carbocycles. The molecule has 4 heterocycles. The van der Waals surface area contributed by atoms with Crippen LogP contribution in [0.3, 0.4) is 0 Å². The smallest absolute Gasteiger partial charge is 0.324 e. The molecule has 1 unspecified atom stereocenters. The number of ether oxygens (including phenoxy) is 1. The Hall–Kier alpha value is -1.85. The zero-order valence-corrected chi connectivity index (χ0v) is 16.3. The topological polar surface area (TPSA) is 82.9 Å². The lowest BCUT2D eigenvalue weighted by Gasteiger charge is -2.50. The molecular weight excluding hydrogens is 363 g/mol. The molecule has 3 aliphatic rings. The summed E-state index contributed by atoms with van der Waals surface area (Å²) in [6.45, 7) is 6.07. The van der Waals surface area contributed by atoms with Crippen LogP contribution in [0.2, 0.25) is 0 Å². The van der Waals surface area contributed by atoms with Gasteiger partial charge in [-0.2, -0.15) is 0 Å². The first kappa shape index (κ1) is 19.9. The fourth-order valence-electron chi connectivity index (χ4n) is 4.44. The Morgan fingerprint density at radius 1 is 1.44 bits per heavy atom. The number of methoxy groups -OCH3 is 1. The number of aromatic nitrogens is 1. The Kier molecular flexibility index (Phi) is 6.55. The molecule has 1 aromatic heterocycles. The van der Waals surface area contributed by atoms with Crippen LogP contribution in [-0.4, -0.2) is 46.1 Å². The quantitative estimate of drug-likeness (QED) is 0.617. The van der Waals surface area contributed by atoms with Crippen molar-refractivity contribution >= 4 is 19.6 Å². The van der Waals surface area contributed by atoms with Crippen LogP contribution in [0.15, 0.2) is 43.1 Å². The zero-order valence-electron chi connectivity index (χ0n) is 15.4. The number of benzene rings is 1. The number of hydrogen-bond donors (Lipinski definition) is 2. The Labute approximate surface area is 160 Å². The van der Waals surface area contributed by atoms with Gasteiger partial charge < -0.3 is 14.7 Å². The van der Waals surface area contributed by atoms with Crippen molar-refractivity contribution in [2.24, 2.45) is 11.8 Å². The monoisotopic (exact) mass is 388 g/mol. The van der Waals surface area contributed by atoms with Gasteiger partial charge in [0.2, 0.25) is 0 Å². The summed E-state index contributed by atoms with van der Waals surface area (Å²) in [4.78, 5) is 13.8. The van der Waals surface area contributed by atoms with Crippen LogP contribution in [0, 0.1) is 11.8 Å². The summed E-state index contributed by atoms with van der Waals surface area (Å²) in [5, 5.41) is 12.1. The average molecular weight is 388 g/mol. The molecule has 0 radical (unpaired) electrons. The summed E-state index contributed by atoms with van der Waals surface area (Å²) in [5.74, 6) is 2.01. The van der Waals surface area contributed by atoms with Crippen molar-refractivity contribution in [2.45, 2.75) is 25.0 Å². The molecule has 2 bridgehead atoms. The molecule has 2 N–H and O–H groups in total. The molecule has 0 aliphatic carbocycles. The molecule has 5 atom stereocenters. The summed E-state index contributed by atoms with van der Waals surface area (Å²) < 4.78 is 13.8. The first-order chi connectivity index (χ1) is 13.1. The molecule has 7 heteroatoms. The van der Waals surface area contributed by atoms with E-state index >= 15 is 0 Å². The summed E-state index contributed by atoms with van der Waals surface area (Å²) >= 11 is 0. The Morgan fingerprint density at radius 3 is 2.85 bits per heavy atom. The summed E-state index contributed by atoms with van der Waals surface area (Å²) in [6.07, 6.45) is 5.62. The van der Waals surface area contributed by atoms with Crippen LogP contribution < -0.4 is 4.74 Å². The van der Waals surface area contributed by atoms with E-state index < -0.39 is 14.8 Å². The van der Waals surface area contributed by atoms with E-state index in [4.69, 9.17) is 14.2 Å². The van der Waals surface area contributed by atoms with E-state index in [1.807, 2.05) is 24.3 Å². The standard InChI is InChI=1S/C20H24N2O2.HO2P/c1-3-13-12-22-9-7-14(13)10-19(22)20(23)16-6-8-21-18-5-4-15(24-2)11-17(16)18;1-3-2/h3-6,8,11,13-14,19-20,23H,1,7,9-10,12H2,2H3;(H,1,2)/t13-,14-,19-,20+;/m0./s1. The van der Waals surface area contributed by atoms with E-state index in [0.29, 0.717) is 11.8 Å². The Bertz CT molecular complexity index is 816. The maximum atomic E-state index is 11.2. The second-order valence-electron chi connectivity index (χ2n) is 7.06. The maximum absolute atomic E-state index is 11.2. The summed E-state index contributed by atoms with van der Waals surface area (Å²) in [7, 11) is 0.828. The van der Waals surface area contributed by atoms with Gasteiger partial charge in [-0.15, -0.1) is 6.58 Å². The van der Waals surface area contributed by atoms with Crippen LogP contribution in [-0.2, 0) is 4.57 Å². The van der Waals surface area contributed by atoms with E-state index in [9.17, 15) is 5.11 Å². The van der Waals surface area contributed by atoms with Crippen molar-refractivity contribution in [1.82, 2.24) is 9.88 Å². The minimum Gasteiger partial charge on any atom is -0.497 e. The first-order valence-electron chi connectivity index (χ1n) is 9.07. The predicted molar refractivity (Wildman–Crippen MR) is 105 cm³/mol. The van der Waals surface area contributed by atoms with E-state index in [1.54, 1.807) is 13.3 Å². The third kappa shape index (κ3) is 4.04. The van der Waals surface area contributed by atoms with Crippen molar-refractivity contribution in [1.29, 1.82) is 0 Å². The number of nitrogens with zero attached hydrogens (tertiary/aromatic N) is 2. The number of rotatable bonds is 4. The lowest BCUT2D eigenvalue weighted by atomic mass is 9.73. The van der Waals surface area contributed by atoms with Crippen molar-refractivity contribution in [3.8, 4) is 5.75 Å². The van der Waals surface area contributed by atoms with Gasteiger partial charge in [0.05, 0.1) is 18.7 Å². The minimum absolute atomic E-state index is 0.178. The third-order valence-corrected chi connectivity index (χ3v) is 5.82. The van der Waals surface area contributed by atoms with Crippen LogP contribution in [0.1, 0.15) is 24.5 Å². The predicted octanol–water partition coefficient (Wildman–Crippen LogP) is 3.36. The van der Waals surface area contributed by atoms with Gasteiger partial charge in [0, 0.05) is 24.2 Å². The molecule has 27 heavy (non-hydrogen) atoms. The highest BCUT2D eigenvalue weighted by atomic mass is 31.1. The van der Waals surface area contributed by atoms with Gasteiger partial charge in [0.25, 0.3) is 0 Å². The fraction of sp³-hybridized carbons (Fsp3) is 0.450. The van der Waals surface area contributed by atoms with Crippen LogP contribution in [0.25, 0.3) is 10.9 Å². The average Bonchev–Trinajstić information content (AvgIpc) is 2.73. The van der Waals surface area contributed by atoms with Gasteiger partial charge in [-0.25, -0.2) is 4.57 Å². The van der Waals surface area contributed by atoms with Gasteiger partial charge in [0.15, 0.2) is 0 Å². The SMILES string of the molecule is C=C[C@H]1CN2CC[C@H]1C[C@H]2[C@H](O)c1ccnc2ccc(OC)cc12.O=PO. The second-order valence-corrected chi connectivity index (χ2v) is 7.22. The van der Waals surface area contributed by atoms with Crippen LogP contribution in [0.4, 0.5) is 0 Å². The maximum Gasteiger partial charge on any atom is 0.324 e. The number of hydrogen-bond acceptors (Lipinski definition) is 5. The molecule has 2 aromatic rings. The zero-order chi connectivity index (χ0) is 19.4. The first-order valence-corrected chi connectivity index (χ1v) is 9.83. The van der Waals surface area contributed by atoms with Crippen molar-refractivity contribution < 1.29 is 19.3 Å². The lowest BCUT2D eigenvalue weighted by Crippen LogP contribution is -2.54. The highest BCUT2D eigenvalue weighted by Gasteiger charge is 2.42. The van der Waals surface area contributed by atoms with E-state index in [1.165, 1.54) is 6.42 Å². The van der Waals surface area contributed by atoms with Crippen molar-refractivity contribution in [3.63, 3.8) is 0 Å². The summed E-state index contributed by atoms with van der Waals surface area (Å²) in [5.41, 5.74) is 1.85. The molecule has 0 spiro atoms. The molecule has 5 rings (SSSR count). The van der Waals surface area contributed by atoms with Gasteiger partial charge in [-0.3, -0.25) is 9.88 Å². The van der Waals surface area contributed by atoms with Gasteiger partial charge in [-0.05, 0) is 61.1 Å². The molecule has 6 nitrogen and oxygen atoms in total. The summed E-state index contributed by atoms with van der Waals surface area (Å²) in [6, 6.07) is 7.96. The minimum atomic E-state index is -0.833. The Morgan fingerprint density at radius 2 is 2.22 bits per heavy atom. The molecular formula is C20H25N2O4P. The fourth-order valence-corrected chi connectivity index (χ4v) is 4.44.